The summed E-state index contributed by atoms with van der Waals surface area (Å²) in [5.74, 6) is 2.45. The van der Waals surface area contributed by atoms with Gasteiger partial charge in [0.25, 0.3) is 0 Å². The fourth-order valence-corrected chi connectivity index (χ4v) is 3.01. The number of nitrogens with one attached hydrogen (secondary N) is 1. The Kier molecular flexibility index (Phi) is 3.00. The van der Waals surface area contributed by atoms with Crippen molar-refractivity contribution in [3.63, 3.8) is 0 Å². The van der Waals surface area contributed by atoms with Gasteiger partial charge >= 0.3 is 0 Å². The molecular weight excluding hydrogens is 198 g/mol. The highest BCUT2D eigenvalue weighted by Crippen LogP contribution is 2.38. The number of allylic oxidation sites excluding steroid dienone is 3. The van der Waals surface area contributed by atoms with Crippen LogP contribution in [0.15, 0.2) is 23.6 Å². The van der Waals surface area contributed by atoms with Crippen LogP contribution in [-0.2, 0) is 4.74 Å². The van der Waals surface area contributed by atoms with E-state index in [-0.39, 0.29) is 5.54 Å². The molecule has 2 unspecified atom stereocenters. The van der Waals surface area contributed by atoms with Gasteiger partial charge in [-0.15, -0.1) is 0 Å². The van der Waals surface area contributed by atoms with E-state index in [2.05, 4.69) is 38.2 Å². The Bertz CT molecular complexity index is 328. The fraction of sp³-hybridized carbons (Fsp3) is 0.714. The van der Waals surface area contributed by atoms with Gasteiger partial charge in [0.15, 0.2) is 0 Å². The number of fused-ring (bicyclic) bond motifs is 1. The molecule has 1 aliphatic carbocycles. The van der Waals surface area contributed by atoms with Gasteiger partial charge in [0, 0.05) is 17.2 Å². The van der Waals surface area contributed by atoms with Crippen LogP contribution >= 0.6 is 0 Å². The van der Waals surface area contributed by atoms with Crippen LogP contribution in [0.4, 0.5) is 0 Å². The summed E-state index contributed by atoms with van der Waals surface area (Å²) in [6.45, 7) is 9.70. The fourth-order valence-electron chi connectivity index (χ4n) is 3.01. The molecule has 0 radical (unpaired) electrons. The average Bonchev–Trinajstić information content (AvgIpc) is 2.15. The number of hydrogen-bond acceptors (Lipinski definition) is 2. The minimum atomic E-state index is 0.219. The van der Waals surface area contributed by atoms with Gasteiger partial charge in [-0.2, -0.15) is 0 Å². The Hall–Kier alpha value is -0.920. The summed E-state index contributed by atoms with van der Waals surface area (Å²) in [5, 5.41) is 3.65. The standard InChI is InChI=1S/C14H23NO/c1-5-16-11-6-7-12-10(2)9-14(3,4)15-13(12)8-11/h6,8,10,12,15H,5,7,9H2,1-4H3. The van der Waals surface area contributed by atoms with Crippen molar-refractivity contribution in [3.05, 3.63) is 23.6 Å². The second-order valence-corrected chi connectivity index (χ2v) is 5.67. The second kappa shape index (κ2) is 4.15. The first-order valence-corrected chi connectivity index (χ1v) is 6.34. The SMILES string of the molecule is CCOC1=CCC2C(=C1)NC(C)(C)CC2C. The highest BCUT2D eigenvalue weighted by molar-refractivity contribution is 5.28. The van der Waals surface area contributed by atoms with Crippen molar-refractivity contribution in [1.82, 2.24) is 5.32 Å². The maximum Gasteiger partial charge on any atom is 0.117 e. The maximum atomic E-state index is 5.58. The Labute approximate surface area is 98.8 Å². The van der Waals surface area contributed by atoms with E-state index in [1.807, 2.05) is 6.92 Å². The smallest absolute Gasteiger partial charge is 0.117 e. The van der Waals surface area contributed by atoms with Crippen molar-refractivity contribution in [3.8, 4) is 0 Å². The minimum Gasteiger partial charge on any atom is -0.494 e. The first kappa shape index (κ1) is 11.6. The number of hydrogen-bond donors (Lipinski definition) is 1. The average molecular weight is 221 g/mol. The molecule has 1 heterocycles. The molecule has 0 saturated carbocycles. The maximum absolute atomic E-state index is 5.58. The van der Waals surface area contributed by atoms with Crippen LogP contribution in [0.3, 0.4) is 0 Å². The Morgan fingerprint density at radius 3 is 2.94 bits per heavy atom. The third-order valence-corrected chi connectivity index (χ3v) is 3.58. The van der Waals surface area contributed by atoms with Crippen molar-refractivity contribution >= 4 is 0 Å². The highest BCUT2D eigenvalue weighted by atomic mass is 16.5. The van der Waals surface area contributed by atoms with Crippen LogP contribution in [-0.4, -0.2) is 12.1 Å². The molecule has 2 aliphatic rings. The molecule has 0 aromatic carbocycles. The molecule has 2 heteroatoms. The van der Waals surface area contributed by atoms with Crippen LogP contribution in [0.1, 0.15) is 40.5 Å². The van der Waals surface area contributed by atoms with Gasteiger partial charge in [0.1, 0.15) is 5.76 Å². The van der Waals surface area contributed by atoms with Crippen molar-refractivity contribution < 1.29 is 4.74 Å². The van der Waals surface area contributed by atoms with Gasteiger partial charge < -0.3 is 10.1 Å². The molecular formula is C14H23NO. The molecule has 0 spiro atoms. The zero-order chi connectivity index (χ0) is 11.8. The number of ether oxygens (including phenoxy) is 1. The van der Waals surface area contributed by atoms with Gasteiger partial charge in [-0.3, -0.25) is 0 Å². The van der Waals surface area contributed by atoms with E-state index in [9.17, 15) is 0 Å². The van der Waals surface area contributed by atoms with Crippen molar-refractivity contribution in [2.75, 3.05) is 6.61 Å². The number of piperidine rings is 1. The van der Waals surface area contributed by atoms with Crippen molar-refractivity contribution in [1.29, 1.82) is 0 Å². The quantitative estimate of drug-likeness (QED) is 0.773. The number of rotatable bonds is 2. The van der Waals surface area contributed by atoms with Crippen molar-refractivity contribution in [2.45, 2.75) is 46.1 Å². The molecule has 16 heavy (non-hydrogen) atoms. The second-order valence-electron chi connectivity index (χ2n) is 5.67. The predicted octanol–water partition coefficient (Wildman–Crippen LogP) is 3.22. The highest BCUT2D eigenvalue weighted by Gasteiger charge is 2.35. The summed E-state index contributed by atoms with van der Waals surface area (Å²) in [5.41, 5.74) is 1.59. The summed E-state index contributed by atoms with van der Waals surface area (Å²) in [6.07, 6.45) is 6.78. The van der Waals surface area contributed by atoms with Crippen molar-refractivity contribution in [2.24, 2.45) is 11.8 Å². The Balaban J connectivity index is 2.17. The first-order valence-electron chi connectivity index (χ1n) is 6.34. The molecule has 0 bridgehead atoms. The largest absolute Gasteiger partial charge is 0.494 e. The van der Waals surface area contributed by atoms with Gasteiger partial charge in [0.2, 0.25) is 0 Å². The van der Waals surface area contributed by atoms with E-state index in [0.717, 1.165) is 24.7 Å². The summed E-state index contributed by atoms with van der Waals surface area (Å²) >= 11 is 0. The third-order valence-electron chi connectivity index (χ3n) is 3.58. The van der Waals surface area contributed by atoms with Gasteiger partial charge in [-0.1, -0.05) is 6.92 Å². The molecule has 2 rings (SSSR count). The van der Waals surface area contributed by atoms with E-state index < -0.39 is 0 Å². The van der Waals surface area contributed by atoms with Crippen LogP contribution in [0, 0.1) is 11.8 Å². The molecule has 2 nitrogen and oxygen atoms in total. The van der Waals surface area contributed by atoms with Crippen LogP contribution in [0.5, 0.6) is 0 Å². The zero-order valence-electron chi connectivity index (χ0n) is 10.8. The molecule has 1 saturated heterocycles. The molecule has 1 fully saturated rings. The molecule has 1 aliphatic heterocycles. The van der Waals surface area contributed by atoms with E-state index in [1.54, 1.807) is 0 Å². The third kappa shape index (κ3) is 2.26. The normalized spacial score (nSPS) is 32.0. The summed E-state index contributed by atoms with van der Waals surface area (Å²) < 4.78 is 5.58. The van der Waals surface area contributed by atoms with E-state index in [4.69, 9.17) is 4.74 Å². The lowest BCUT2D eigenvalue weighted by Gasteiger charge is -2.44. The molecule has 0 aromatic rings. The van der Waals surface area contributed by atoms with Gasteiger partial charge in [-0.25, -0.2) is 0 Å². The summed E-state index contributed by atoms with van der Waals surface area (Å²) in [6, 6.07) is 0. The van der Waals surface area contributed by atoms with E-state index >= 15 is 0 Å². The minimum absolute atomic E-state index is 0.219. The monoisotopic (exact) mass is 221 g/mol. The molecule has 2 atom stereocenters. The molecule has 1 N–H and O–H groups in total. The lowest BCUT2D eigenvalue weighted by atomic mass is 9.74. The molecule has 0 aromatic heterocycles. The molecule has 0 amide bonds. The van der Waals surface area contributed by atoms with E-state index in [0.29, 0.717) is 5.92 Å². The Morgan fingerprint density at radius 2 is 2.25 bits per heavy atom. The van der Waals surface area contributed by atoms with Gasteiger partial charge in [0.05, 0.1) is 6.61 Å². The summed E-state index contributed by atoms with van der Waals surface area (Å²) in [4.78, 5) is 0. The lowest BCUT2D eigenvalue weighted by molar-refractivity contribution is 0.197. The molecule has 90 valence electrons. The van der Waals surface area contributed by atoms with Gasteiger partial charge in [-0.05, 0) is 51.7 Å². The van der Waals surface area contributed by atoms with Crippen LogP contribution in [0.25, 0.3) is 0 Å². The Morgan fingerprint density at radius 1 is 1.50 bits per heavy atom. The predicted molar refractivity (Wildman–Crippen MR) is 66.9 cm³/mol. The zero-order valence-corrected chi connectivity index (χ0v) is 10.8. The van der Waals surface area contributed by atoms with Crippen LogP contribution < -0.4 is 5.32 Å². The van der Waals surface area contributed by atoms with E-state index in [1.165, 1.54) is 12.1 Å². The first-order chi connectivity index (χ1) is 7.52. The summed E-state index contributed by atoms with van der Waals surface area (Å²) in [7, 11) is 0. The van der Waals surface area contributed by atoms with Crippen LogP contribution in [0.2, 0.25) is 0 Å². The topological polar surface area (TPSA) is 21.3 Å². The lowest BCUT2D eigenvalue weighted by Crippen LogP contribution is -2.48.